The third kappa shape index (κ3) is 3.33. The van der Waals surface area contributed by atoms with Crippen LogP contribution in [0, 0.1) is 0 Å². The van der Waals surface area contributed by atoms with Gasteiger partial charge < -0.3 is 10.3 Å². The van der Waals surface area contributed by atoms with Crippen molar-refractivity contribution >= 4 is 34.6 Å². The predicted octanol–water partition coefficient (Wildman–Crippen LogP) is 4.97. The first-order valence-electron chi connectivity index (χ1n) is 10.4. The minimum atomic E-state index is -1.35. The van der Waals surface area contributed by atoms with Crippen LogP contribution >= 0.6 is 11.6 Å². The van der Waals surface area contributed by atoms with E-state index in [2.05, 4.69) is 15.3 Å². The number of halogens is 1. The first-order chi connectivity index (χ1) is 15.5. The highest BCUT2D eigenvalue weighted by Crippen LogP contribution is 2.36. The molecule has 0 bridgehead atoms. The zero-order valence-corrected chi connectivity index (χ0v) is 18.1. The molecule has 7 heteroatoms. The summed E-state index contributed by atoms with van der Waals surface area (Å²) in [7, 11) is 0. The molecule has 2 heterocycles. The van der Waals surface area contributed by atoms with Gasteiger partial charge in [-0.05, 0) is 36.2 Å². The lowest BCUT2D eigenvalue weighted by Gasteiger charge is -2.27. The molecule has 160 valence electrons. The molecule has 3 aromatic carbocycles. The van der Waals surface area contributed by atoms with E-state index in [0.29, 0.717) is 21.9 Å². The Kier molecular flexibility index (Phi) is 4.94. The lowest BCUT2D eigenvalue weighted by Crippen LogP contribution is -2.47. The Balaban J connectivity index is 1.63. The van der Waals surface area contributed by atoms with E-state index in [1.165, 1.54) is 4.90 Å². The Bertz CT molecular complexity index is 1310. The van der Waals surface area contributed by atoms with Crippen molar-refractivity contribution in [2.45, 2.75) is 24.9 Å². The molecule has 4 aromatic rings. The van der Waals surface area contributed by atoms with E-state index < -0.39 is 17.6 Å². The standard InChI is InChI=1S/C25H21ClN4O2/c1-16(18-10-6-3-7-11-18)30-23(31)25(29-24(30)32,15-17-8-4-2-5-9-17)22-27-20-13-12-19(26)14-21(20)28-22/h2-14,16H,15H2,1H3,(H,27,28)(H,29,32)/t16?,25-/m0/s1. The molecule has 6 nitrogen and oxygen atoms in total. The number of imidazole rings is 1. The van der Waals surface area contributed by atoms with Gasteiger partial charge in [-0.1, -0.05) is 72.3 Å². The molecule has 1 fully saturated rings. The fourth-order valence-corrected chi connectivity index (χ4v) is 4.45. The maximum atomic E-state index is 14.0. The van der Waals surface area contributed by atoms with Crippen molar-refractivity contribution in [2.75, 3.05) is 0 Å². The lowest BCUT2D eigenvalue weighted by molar-refractivity contribution is -0.133. The van der Waals surface area contributed by atoms with Gasteiger partial charge in [0.2, 0.25) is 0 Å². The highest BCUT2D eigenvalue weighted by molar-refractivity contribution is 6.31. The Labute approximate surface area is 190 Å². The minimum absolute atomic E-state index is 0.268. The summed E-state index contributed by atoms with van der Waals surface area (Å²) in [5, 5.41) is 3.53. The van der Waals surface area contributed by atoms with E-state index in [-0.39, 0.29) is 12.3 Å². The van der Waals surface area contributed by atoms with E-state index in [0.717, 1.165) is 11.1 Å². The number of carbonyl (C=O) groups excluding carboxylic acids is 2. The number of imide groups is 1. The molecule has 1 aliphatic heterocycles. The van der Waals surface area contributed by atoms with Crippen LogP contribution < -0.4 is 5.32 Å². The quantitative estimate of drug-likeness (QED) is 0.427. The smallest absolute Gasteiger partial charge is 0.325 e. The summed E-state index contributed by atoms with van der Waals surface area (Å²) < 4.78 is 0. The van der Waals surface area contributed by atoms with E-state index in [1.807, 2.05) is 67.6 Å². The van der Waals surface area contributed by atoms with Crippen LogP contribution in [0.4, 0.5) is 4.79 Å². The first kappa shape index (κ1) is 20.3. The number of urea groups is 1. The summed E-state index contributed by atoms with van der Waals surface area (Å²) in [6.45, 7) is 1.85. The molecule has 1 aromatic heterocycles. The summed E-state index contributed by atoms with van der Waals surface area (Å²) in [6.07, 6.45) is 0.268. The number of rotatable bonds is 5. The van der Waals surface area contributed by atoms with Crippen molar-refractivity contribution in [2.24, 2.45) is 0 Å². The van der Waals surface area contributed by atoms with Crippen LogP contribution in [-0.4, -0.2) is 26.8 Å². The number of benzene rings is 3. The SMILES string of the molecule is CC(c1ccccc1)N1C(=O)N[C@@](Cc2ccccc2)(c2nc3ccc(Cl)cc3[nH]2)C1=O. The van der Waals surface area contributed by atoms with Crippen molar-refractivity contribution in [3.05, 3.63) is 101 Å². The molecule has 1 aliphatic rings. The minimum Gasteiger partial charge on any atom is -0.339 e. The number of nitrogens with zero attached hydrogens (tertiary/aromatic N) is 2. The van der Waals surface area contributed by atoms with Crippen LogP contribution in [0.2, 0.25) is 5.02 Å². The summed E-state index contributed by atoms with van der Waals surface area (Å²) in [4.78, 5) is 36.3. The van der Waals surface area contributed by atoms with Gasteiger partial charge in [0.25, 0.3) is 5.91 Å². The van der Waals surface area contributed by atoms with E-state index in [4.69, 9.17) is 11.6 Å². The van der Waals surface area contributed by atoms with Gasteiger partial charge in [-0.15, -0.1) is 0 Å². The van der Waals surface area contributed by atoms with E-state index in [1.54, 1.807) is 18.2 Å². The topological polar surface area (TPSA) is 78.1 Å². The predicted molar refractivity (Wildman–Crippen MR) is 123 cm³/mol. The van der Waals surface area contributed by atoms with Gasteiger partial charge in [-0.2, -0.15) is 0 Å². The molecule has 3 amide bonds. The van der Waals surface area contributed by atoms with Gasteiger partial charge in [0, 0.05) is 11.4 Å². The van der Waals surface area contributed by atoms with Crippen LogP contribution in [0.25, 0.3) is 11.0 Å². The highest BCUT2D eigenvalue weighted by Gasteiger charge is 2.55. The number of fused-ring (bicyclic) bond motifs is 1. The Morgan fingerprint density at radius 2 is 1.69 bits per heavy atom. The van der Waals surface area contributed by atoms with Gasteiger partial charge in [-0.3, -0.25) is 9.69 Å². The first-order valence-corrected chi connectivity index (χ1v) is 10.8. The van der Waals surface area contributed by atoms with Gasteiger partial charge in [0.15, 0.2) is 5.54 Å². The average Bonchev–Trinajstić information content (AvgIpc) is 3.33. The Morgan fingerprint density at radius 1 is 1.00 bits per heavy atom. The number of hydrogen-bond donors (Lipinski definition) is 2. The van der Waals surface area contributed by atoms with E-state index >= 15 is 0 Å². The molecule has 0 aliphatic carbocycles. The number of amides is 3. The molecule has 1 saturated heterocycles. The number of carbonyl (C=O) groups is 2. The van der Waals surface area contributed by atoms with E-state index in [9.17, 15) is 9.59 Å². The summed E-state index contributed by atoms with van der Waals surface area (Å²) in [6, 6.07) is 23.5. The van der Waals surface area contributed by atoms with Crippen LogP contribution in [0.5, 0.6) is 0 Å². The molecule has 32 heavy (non-hydrogen) atoms. The van der Waals surface area contributed by atoms with Crippen molar-refractivity contribution in [3.63, 3.8) is 0 Å². The fourth-order valence-electron chi connectivity index (χ4n) is 4.28. The van der Waals surface area contributed by atoms with Gasteiger partial charge in [0.1, 0.15) is 5.82 Å². The molecular formula is C25H21ClN4O2. The zero-order valence-electron chi connectivity index (χ0n) is 17.4. The second-order valence-electron chi connectivity index (χ2n) is 8.01. The summed E-state index contributed by atoms with van der Waals surface area (Å²) >= 11 is 6.14. The van der Waals surface area contributed by atoms with Crippen LogP contribution in [0.15, 0.2) is 78.9 Å². The number of nitrogens with one attached hydrogen (secondary N) is 2. The number of hydrogen-bond acceptors (Lipinski definition) is 3. The van der Waals surface area contributed by atoms with Crippen LogP contribution in [0.3, 0.4) is 0 Å². The molecule has 0 radical (unpaired) electrons. The van der Waals surface area contributed by atoms with Crippen LogP contribution in [0.1, 0.15) is 29.9 Å². The summed E-state index contributed by atoms with van der Waals surface area (Å²) in [5.41, 5.74) is 1.81. The maximum absolute atomic E-state index is 14.0. The van der Waals surface area contributed by atoms with Crippen LogP contribution in [-0.2, 0) is 16.8 Å². The Hall–Kier alpha value is -3.64. The third-order valence-electron chi connectivity index (χ3n) is 5.95. The van der Waals surface area contributed by atoms with Crippen molar-refractivity contribution in [1.82, 2.24) is 20.2 Å². The maximum Gasteiger partial charge on any atom is 0.325 e. The van der Waals surface area contributed by atoms with Gasteiger partial charge in [0.05, 0.1) is 17.1 Å². The van der Waals surface area contributed by atoms with Crippen molar-refractivity contribution in [1.29, 1.82) is 0 Å². The second-order valence-corrected chi connectivity index (χ2v) is 8.44. The number of H-pyrrole nitrogens is 1. The lowest BCUT2D eigenvalue weighted by atomic mass is 9.89. The van der Waals surface area contributed by atoms with Crippen molar-refractivity contribution < 1.29 is 9.59 Å². The molecule has 5 rings (SSSR count). The normalized spacial score (nSPS) is 19.4. The molecule has 0 saturated carbocycles. The average molecular weight is 445 g/mol. The largest absolute Gasteiger partial charge is 0.339 e. The number of aromatic nitrogens is 2. The van der Waals surface area contributed by atoms with Gasteiger partial charge in [-0.25, -0.2) is 9.78 Å². The third-order valence-corrected chi connectivity index (χ3v) is 6.19. The van der Waals surface area contributed by atoms with Gasteiger partial charge >= 0.3 is 6.03 Å². The highest BCUT2D eigenvalue weighted by atomic mass is 35.5. The molecule has 0 spiro atoms. The molecule has 1 unspecified atom stereocenters. The van der Waals surface area contributed by atoms with Crippen molar-refractivity contribution in [3.8, 4) is 0 Å². The fraction of sp³-hybridized carbons (Fsp3) is 0.160. The monoisotopic (exact) mass is 444 g/mol. The molecule has 2 N–H and O–H groups in total. The molecule has 2 atom stereocenters. The Morgan fingerprint density at radius 3 is 2.41 bits per heavy atom. The molecular weight excluding hydrogens is 424 g/mol. The zero-order chi connectivity index (χ0) is 22.3. The second kappa shape index (κ2) is 7.80. The number of aromatic amines is 1. The summed E-state index contributed by atoms with van der Waals surface area (Å²) in [5.74, 6) is 0.0487.